The van der Waals surface area contributed by atoms with Crippen molar-refractivity contribution in [2.75, 3.05) is 39.3 Å². The summed E-state index contributed by atoms with van der Waals surface area (Å²) in [5.74, 6) is 2.78. The zero-order chi connectivity index (χ0) is 15.5. The van der Waals surface area contributed by atoms with Crippen molar-refractivity contribution in [1.29, 1.82) is 0 Å². The summed E-state index contributed by atoms with van der Waals surface area (Å²) in [5.41, 5.74) is 1.46. The van der Waals surface area contributed by atoms with Crippen LogP contribution in [0.3, 0.4) is 0 Å². The van der Waals surface area contributed by atoms with Gasteiger partial charge in [0, 0.05) is 63.4 Å². The molecule has 3 aliphatic rings. The monoisotopic (exact) mass is 304 g/mol. The summed E-state index contributed by atoms with van der Waals surface area (Å²) in [5, 5.41) is 0. The molecule has 124 valence electrons. The summed E-state index contributed by atoms with van der Waals surface area (Å²) in [6, 6.07) is 0.673. The first-order valence-corrected chi connectivity index (χ1v) is 9.19. The lowest BCUT2D eigenvalue weighted by molar-refractivity contribution is 0.146. The van der Waals surface area contributed by atoms with Gasteiger partial charge in [-0.2, -0.15) is 0 Å². The molecule has 4 nitrogen and oxygen atoms in total. The predicted molar refractivity (Wildman–Crippen MR) is 94.0 cm³/mol. The van der Waals surface area contributed by atoms with Crippen molar-refractivity contribution in [1.82, 2.24) is 9.80 Å². The molecule has 4 heteroatoms. The molecule has 0 radical (unpaired) electrons. The number of nitrogens with zero attached hydrogens (tertiary/aromatic N) is 4. The molecule has 0 bridgehead atoms. The highest BCUT2D eigenvalue weighted by Gasteiger charge is 2.27. The molecule has 0 aromatic carbocycles. The topological polar surface area (TPSA) is 31.2 Å². The molecule has 0 aromatic rings. The van der Waals surface area contributed by atoms with Crippen LogP contribution in [0.1, 0.15) is 46.5 Å². The maximum absolute atomic E-state index is 4.94. The van der Waals surface area contributed by atoms with E-state index in [9.17, 15) is 0 Å². The summed E-state index contributed by atoms with van der Waals surface area (Å²) in [7, 11) is 0. The van der Waals surface area contributed by atoms with E-state index in [0.29, 0.717) is 12.0 Å². The average Bonchev–Trinajstić information content (AvgIpc) is 2.56. The van der Waals surface area contributed by atoms with Gasteiger partial charge < -0.3 is 4.90 Å². The summed E-state index contributed by atoms with van der Waals surface area (Å²) in [4.78, 5) is 14.9. The highest BCUT2D eigenvalue weighted by atomic mass is 15.3. The quantitative estimate of drug-likeness (QED) is 0.785. The van der Waals surface area contributed by atoms with Gasteiger partial charge in [-0.25, -0.2) is 0 Å². The molecule has 3 rings (SSSR count). The van der Waals surface area contributed by atoms with Crippen molar-refractivity contribution in [3.8, 4) is 0 Å². The summed E-state index contributed by atoms with van der Waals surface area (Å²) >= 11 is 0. The van der Waals surface area contributed by atoms with Crippen molar-refractivity contribution in [3.05, 3.63) is 0 Å². The molecule has 0 spiro atoms. The molecule has 3 heterocycles. The maximum Gasteiger partial charge on any atom is 0.0990 e. The number of amidine groups is 1. The predicted octanol–water partition coefficient (Wildman–Crippen LogP) is 2.69. The Bertz CT molecular complexity index is 432. The van der Waals surface area contributed by atoms with E-state index < -0.39 is 0 Å². The zero-order valence-corrected chi connectivity index (χ0v) is 14.6. The fourth-order valence-electron chi connectivity index (χ4n) is 3.89. The van der Waals surface area contributed by atoms with Crippen molar-refractivity contribution in [3.63, 3.8) is 0 Å². The Labute approximate surface area is 135 Å². The first-order chi connectivity index (χ1) is 10.6. The van der Waals surface area contributed by atoms with Gasteiger partial charge in [-0.3, -0.25) is 14.9 Å². The van der Waals surface area contributed by atoms with E-state index in [2.05, 4.69) is 30.6 Å². The normalized spacial score (nSPS) is 31.2. The Kier molecular flexibility index (Phi) is 5.17. The molecule has 1 fully saturated rings. The van der Waals surface area contributed by atoms with Crippen molar-refractivity contribution in [2.24, 2.45) is 21.8 Å². The van der Waals surface area contributed by atoms with E-state index in [1.165, 1.54) is 43.9 Å². The Morgan fingerprint density at radius 2 is 1.73 bits per heavy atom. The summed E-state index contributed by atoms with van der Waals surface area (Å²) in [6.45, 7) is 13.6. The van der Waals surface area contributed by atoms with Crippen LogP contribution in [0.4, 0.5) is 0 Å². The molecule has 0 amide bonds. The van der Waals surface area contributed by atoms with Gasteiger partial charge >= 0.3 is 0 Å². The molecule has 22 heavy (non-hydrogen) atoms. The fourth-order valence-corrected chi connectivity index (χ4v) is 3.89. The molecule has 0 N–H and O–H groups in total. The van der Waals surface area contributed by atoms with E-state index in [1.54, 1.807) is 0 Å². The van der Waals surface area contributed by atoms with Gasteiger partial charge in [0.2, 0.25) is 0 Å². The third-order valence-corrected chi connectivity index (χ3v) is 5.59. The third-order valence-electron chi connectivity index (χ3n) is 5.59. The van der Waals surface area contributed by atoms with Crippen LogP contribution in [-0.2, 0) is 0 Å². The van der Waals surface area contributed by atoms with Crippen molar-refractivity contribution >= 4 is 11.5 Å². The van der Waals surface area contributed by atoms with Crippen LogP contribution in [0.5, 0.6) is 0 Å². The highest BCUT2D eigenvalue weighted by molar-refractivity contribution is 5.90. The first kappa shape index (κ1) is 16.0. The number of hydrogen-bond donors (Lipinski definition) is 0. The average molecular weight is 304 g/mol. The van der Waals surface area contributed by atoms with Gasteiger partial charge in [0.1, 0.15) is 0 Å². The Hall–Kier alpha value is -0.900. The lowest BCUT2D eigenvalue weighted by Gasteiger charge is -2.40. The van der Waals surface area contributed by atoms with Gasteiger partial charge in [0.05, 0.1) is 5.84 Å². The Balaban J connectivity index is 1.52. The third kappa shape index (κ3) is 3.70. The number of hydrogen-bond acceptors (Lipinski definition) is 4. The summed E-state index contributed by atoms with van der Waals surface area (Å²) < 4.78 is 0. The molecule has 2 atom stereocenters. The minimum atomic E-state index is 0.633. The van der Waals surface area contributed by atoms with Crippen LogP contribution in [0.15, 0.2) is 9.98 Å². The van der Waals surface area contributed by atoms with E-state index in [0.717, 1.165) is 38.5 Å². The summed E-state index contributed by atoms with van der Waals surface area (Å²) in [6.07, 6.45) is 4.95. The zero-order valence-electron chi connectivity index (χ0n) is 14.6. The second kappa shape index (κ2) is 7.12. The van der Waals surface area contributed by atoms with Gasteiger partial charge in [-0.1, -0.05) is 6.92 Å². The van der Waals surface area contributed by atoms with Crippen LogP contribution < -0.4 is 0 Å². The lowest BCUT2D eigenvalue weighted by Crippen LogP contribution is -2.51. The SMILES string of the molecule is CC1CCC(C2CCC(N3CCN(C(C)C)CC3)=NC2)=NC1. The van der Waals surface area contributed by atoms with Gasteiger partial charge in [-0.15, -0.1) is 0 Å². The number of rotatable bonds is 2. The number of piperazine rings is 1. The van der Waals surface area contributed by atoms with Crippen LogP contribution in [0, 0.1) is 11.8 Å². The molecular weight excluding hydrogens is 272 g/mol. The van der Waals surface area contributed by atoms with E-state index in [1.807, 2.05) is 0 Å². The highest BCUT2D eigenvalue weighted by Crippen LogP contribution is 2.24. The lowest BCUT2D eigenvalue weighted by atomic mass is 9.88. The minimum absolute atomic E-state index is 0.633. The van der Waals surface area contributed by atoms with Gasteiger partial charge in [0.25, 0.3) is 0 Å². The molecule has 0 saturated carbocycles. The second-order valence-electron chi connectivity index (χ2n) is 7.59. The smallest absolute Gasteiger partial charge is 0.0990 e. The van der Waals surface area contributed by atoms with Crippen LogP contribution in [0.25, 0.3) is 0 Å². The van der Waals surface area contributed by atoms with E-state index in [-0.39, 0.29) is 0 Å². The largest absolute Gasteiger partial charge is 0.358 e. The Morgan fingerprint density at radius 1 is 0.955 bits per heavy atom. The first-order valence-electron chi connectivity index (χ1n) is 9.19. The van der Waals surface area contributed by atoms with Gasteiger partial charge in [-0.05, 0) is 39.0 Å². The second-order valence-corrected chi connectivity index (χ2v) is 7.59. The Morgan fingerprint density at radius 3 is 2.27 bits per heavy atom. The molecule has 3 aliphatic heterocycles. The van der Waals surface area contributed by atoms with Crippen LogP contribution in [-0.4, -0.2) is 66.7 Å². The fraction of sp³-hybridized carbons (Fsp3) is 0.889. The van der Waals surface area contributed by atoms with E-state index >= 15 is 0 Å². The maximum atomic E-state index is 4.94. The van der Waals surface area contributed by atoms with E-state index in [4.69, 9.17) is 9.98 Å². The molecule has 1 saturated heterocycles. The van der Waals surface area contributed by atoms with Crippen LogP contribution >= 0.6 is 0 Å². The molecule has 0 aromatic heterocycles. The van der Waals surface area contributed by atoms with Gasteiger partial charge in [0.15, 0.2) is 0 Å². The van der Waals surface area contributed by atoms with Crippen molar-refractivity contribution in [2.45, 2.75) is 52.5 Å². The molecule has 0 aliphatic carbocycles. The van der Waals surface area contributed by atoms with Crippen LogP contribution in [0.2, 0.25) is 0 Å². The van der Waals surface area contributed by atoms with Crippen molar-refractivity contribution < 1.29 is 0 Å². The number of aliphatic imine (C=N–C) groups is 2. The molecule has 2 unspecified atom stereocenters. The standard InChI is InChI=1S/C18H32N4/c1-14(2)21-8-10-22(11-9-21)18-7-5-16(13-20-18)17-6-4-15(3)12-19-17/h14-16H,4-13H2,1-3H3. The molecular formula is C18H32N4. The minimum Gasteiger partial charge on any atom is -0.358 e.